The van der Waals surface area contributed by atoms with Crippen molar-refractivity contribution in [3.05, 3.63) is 48.3 Å². The summed E-state index contributed by atoms with van der Waals surface area (Å²) in [5, 5.41) is 11.5. The van der Waals surface area contributed by atoms with Crippen molar-refractivity contribution in [1.29, 1.82) is 0 Å². The highest BCUT2D eigenvalue weighted by atomic mass is 16.2. The number of hydrogen-bond acceptors (Lipinski definition) is 4. The molecule has 2 aromatic heterocycles. The fourth-order valence-electron chi connectivity index (χ4n) is 1.62. The van der Waals surface area contributed by atoms with Crippen LogP contribution in [0.4, 0.5) is 0 Å². The van der Waals surface area contributed by atoms with Gasteiger partial charge in [0.25, 0.3) is 5.91 Å². The average Bonchev–Trinajstić information content (AvgIpc) is 2.98. The molecule has 0 aromatic carbocycles. The van der Waals surface area contributed by atoms with E-state index in [0.29, 0.717) is 18.7 Å². The first-order valence-electron chi connectivity index (χ1n) is 6.10. The van der Waals surface area contributed by atoms with Gasteiger partial charge in [0, 0.05) is 31.7 Å². The highest BCUT2D eigenvalue weighted by molar-refractivity contribution is 5.94. The van der Waals surface area contributed by atoms with Crippen molar-refractivity contribution < 1.29 is 9.90 Å². The van der Waals surface area contributed by atoms with Crippen LogP contribution in [0.5, 0.6) is 0 Å². The number of amides is 1. The summed E-state index contributed by atoms with van der Waals surface area (Å²) in [6.07, 6.45) is 6.73. The van der Waals surface area contributed by atoms with E-state index in [1.54, 1.807) is 24.7 Å². The Bertz CT molecular complexity index is 626. The molecule has 20 heavy (non-hydrogen) atoms. The molecule has 0 aliphatic carbocycles. The largest absolute Gasteiger partial charge is 0.384 e. The molecule has 0 radical (unpaired) electrons. The number of nitrogens with zero attached hydrogens (tertiary/aromatic N) is 3. The van der Waals surface area contributed by atoms with Crippen LogP contribution in [0, 0.1) is 11.8 Å². The molecule has 0 atom stereocenters. The Morgan fingerprint density at radius 2 is 2.35 bits per heavy atom. The van der Waals surface area contributed by atoms with Crippen molar-refractivity contribution in [2.75, 3.05) is 13.2 Å². The second-order valence-corrected chi connectivity index (χ2v) is 3.92. The van der Waals surface area contributed by atoms with E-state index in [1.165, 1.54) is 6.20 Å². The second-order valence-electron chi connectivity index (χ2n) is 3.92. The van der Waals surface area contributed by atoms with Crippen LogP contribution < -0.4 is 5.32 Å². The van der Waals surface area contributed by atoms with Crippen LogP contribution >= 0.6 is 0 Å². The summed E-state index contributed by atoms with van der Waals surface area (Å²) in [5.41, 5.74) is 0.765. The lowest BCUT2D eigenvalue weighted by Crippen LogP contribution is -2.28. The third-order valence-electron chi connectivity index (χ3n) is 2.54. The molecule has 0 fully saturated rings. The molecular weight excluding hydrogens is 256 g/mol. The van der Waals surface area contributed by atoms with Crippen LogP contribution in [0.2, 0.25) is 0 Å². The number of aliphatic hydroxyl groups is 1. The predicted octanol–water partition coefficient (Wildman–Crippen LogP) is 0.0519. The number of hydrogen-bond donors (Lipinski definition) is 2. The maximum atomic E-state index is 12.0. The predicted molar refractivity (Wildman–Crippen MR) is 72.8 cm³/mol. The number of aliphatic hydroxyl groups excluding tert-OH is 1. The molecule has 0 spiro atoms. The zero-order valence-electron chi connectivity index (χ0n) is 10.8. The number of imidazole rings is 1. The SMILES string of the molecule is O=C(NCCn1ccnc1)c1ncccc1C#CCO. The van der Waals surface area contributed by atoms with Crippen molar-refractivity contribution in [2.24, 2.45) is 0 Å². The maximum Gasteiger partial charge on any atom is 0.271 e. The summed E-state index contributed by atoms with van der Waals surface area (Å²) in [7, 11) is 0. The summed E-state index contributed by atoms with van der Waals surface area (Å²) in [5.74, 6) is 4.94. The van der Waals surface area contributed by atoms with Crippen molar-refractivity contribution in [3.8, 4) is 11.8 Å². The Morgan fingerprint density at radius 1 is 1.45 bits per heavy atom. The molecule has 6 heteroatoms. The van der Waals surface area contributed by atoms with Gasteiger partial charge in [0.15, 0.2) is 0 Å². The fraction of sp³-hybridized carbons (Fsp3) is 0.214. The maximum absolute atomic E-state index is 12.0. The number of nitrogens with one attached hydrogen (secondary N) is 1. The zero-order chi connectivity index (χ0) is 14.2. The van der Waals surface area contributed by atoms with E-state index in [-0.39, 0.29) is 18.2 Å². The summed E-state index contributed by atoms with van der Waals surface area (Å²) >= 11 is 0. The van der Waals surface area contributed by atoms with Gasteiger partial charge in [0.05, 0.1) is 11.9 Å². The molecule has 2 heterocycles. The first-order valence-corrected chi connectivity index (χ1v) is 6.10. The van der Waals surface area contributed by atoms with Crippen molar-refractivity contribution in [3.63, 3.8) is 0 Å². The van der Waals surface area contributed by atoms with Gasteiger partial charge in [0.1, 0.15) is 12.3 Å². The summed E-state index contributed by atoms with van der Waals surface area (Å²) in [6.45, 7) is 0.853. The molecule has 0 aliphatic rings. The second kappa shape index (κ2) is 7.07. The normalized spacial score (nSPS) is 9.65. The molecule has 1 amide bonds. The van der Waals surface area contributed by atoms with Gasteiger partial charge < -0.3 is 15.0 Å². The Labute approximate surface area is 116 Å². The Morgan fingerprint density at radius 3 is 3.10 bits per heavy atom. The highest BCUT2D eigenvalue weighted by Crippen LogP contribution is 2.03. The molecule has 6 nitrogen and oxygen atoms in total. The average molecular weight is 270 g/mol. The van der Waals surface area contributed by atoms with E-state index in [9.17, 15) is 4.79 Å². The lowest BCUT2D eigenvalue weighted by atomic mass is 10.2. The third kappa shape index (κ3) is 3.67. The molecule has 0 unspecified atom stereocenters. The minimum atomic E-state index is -0.284. The fourth-order valence-corrected chi connectivity index (χ4v) is 1.62. The minimum Gasteiger partial charge on any atom is -0.384 e. The monoisotopic (exact) mass is 270 g/mol. The van der Waals surface area contributed by atoms with E-state index in [0.717, 1.165) is 0 Å². The number of carbonyl (C=O) groups excluding carboxylic acids is 1. The van der Waals surface area contributed by atoms with Crippen LogP contribution in [0.3, 0.4) is 0 Å². The van der Waals surface area contributed by atoms with Crippen molar-refractivity contribution in [1.82, 2.24) is 19.9 Å². The van der Waals surface area contributed by atoms with E-state index in [2.05, 4.69) is 27.1 Å². The van der Waals surface area contributed by atoms with Crippen molar-refractivity contribution in [2.45, 2.75) is 6.54 Å². The molecule has 2 N–H and O–H groups in total. The highest BCUT2D eigenvalue weighted by Gasteiger charge is 2.10. The van der Waals surface area contributed by atoms with Gasteiger partial charge in [-0.15, -0.1) is 0 Å². The summed E-state index contributed by atoms with van der Waals surface area (Å²) in [6, 6.07) is 3.39. The van der Waals surface area contributed by atoms with E-state index >= 15 is 0 Å². The topological polar surface area (TPSA) is 80.0 Å². The van der Waals surface area contributed by atoms with Gasteiger partial charge in [-0.1, -0.05) is 11.8 Å². The molecule has 0 saturated heterocycles. The Kier molecular flexibility index (Phi) is 4.87. The first kappa shape index (κ1) is 13.8. The molecule has 2 aromatic rings. The Balaban J connectivity index is 1.98. The molecule has 102 valence electrons. The van der Waals surface area contributed by atoms with Crippen molar-refractivity contribution >= 4 is 5.91 Å². The van der Waals surface area contributed by atoms with Gasteiger partial charge in [-0.2, -0.15) is 0 Å². The number of aromatic nitrogens is 3. The standard InChI is InChI=1S/C14H14N4O2/c19-10-2-4-12-3-1-5-16-13(12)14(20)17-7-9-18-8-6-15-11-18/h1,3,5-6,8,11,19H,7,9-10H2,(H,17,20). The lowest BCUT2D eigenvalue weighted by Gasteiger charge is -2.06. The van der Waals surface area contributed by atoms with Crippen LogP contribution in [0.1, 0.15) is 16.1 Å². The lowest BCUT2D eigenvalue weighted by molar-refractivity contribution is 0.0947. The number of carbonyl (C=O) groups is 1. The molecule has 0 aliphatic heterocycles. The molecule has 2 rings (SSSR count). The van der Waals surface area contributed by atoms with Crippen LogP contribution in [-0.4, -0.2) is 38.7 Å². The van der Waals surface area contributed by atoms with Gasteiger partial charge >= 0.3 is 0 Å². The number of rotatable bonds is 4. The van der Waals surface area contributed by atoms with Gasteiger partial charge in [-0.05, 0) is 12.1 Å². The van der Waals surface area contributed by atoms with Crippen LogP contribution in [-0.2, 0) is 6.54 Å². The van der Waals surface area contributed by atoms with Crippen LogP contribution in [0.15, 0.2) is 37.1 Å². The van der Waals surface area contributed by atoms with Gasteiger partial charge in [-0.25, -0.2) is 9.97 Å². The van der Waals surface area contributed by atoms with E-state index in [1.807, 2.05) is 10.8 Å². The smallest absolute Gasteiger partial charge is 0.271 e. The quantitative estimate of drug-likeness (QED) is 0.769. The first-order chi connectivity index (χ1) is 9.81. The van der Waals surface area contributed by atoms with Gasteiger partial charge in [-0.3, -0.25) is 4.79 Å². The minimum absolute atomic E-state index is 0.253. The zero-order valence-corrected chi connectivity index (χ0v) is 10.8. The summed E-state index contributed by atoms with van der Waals surface area (Å²) in [4.78, 5) is 20.0. The van der Waals surface area contributed by atoms with Gasteiger partial charge in [0.2, 0.25) is 0 Å². The third-order valence-corrected chi connectivity index (χ3v) is 2.54. The summed E-state index contributed by atoms with van der Waals surface area (Å²) < 4.78 is 1.87. The number of pyridine rings is 1. The molecule has 0 bridgehead atoms. The molecular formula is C14H14N4O2. The van der Waals surface area contributed by atoms with E-state index in [4.69, 9.17) is 5.11 Å². The van der Waals surface area contributed by atoms with E-state index < -0.39 is 0 Å². The molecule has 0 saturated carbocycles. The van der Waals surface area contributed by atoms with Crippen LogP contribution in [0.25, 0.3) is 0 Å². The Hall–Kier alpha value is -2.65.